The summed E-state index contributed by atoms with van der Waals surface area (Å²) < 4.78 is 14.1. The Morgan fingerprint density at radius 1 is 0.935 bits per heavy atom. The van der Waals surface area contributed by atoms with E-state index in [0.717, 1.165) is 6.42 Å². The standard InChI is InChI=1S/C26H25FN2O2/c27-23-13-7-8-14-24(23)29-18-21(17-25(29)30)26(31)28-16-15-22(19-9-3-1-4-10-19)20-11-5-2-6-12-20/h1-14,21-22H,15-18H2,(H,28,31)/t21-/m1/s1. The molecule has 1 heterocycles. The quantitative estimate of drug-likeness (QED) is 0.616. The van der Waals surface area contributed by atoms with Crippen LogP contribution in [0.25, 0.3) is 0 Å². The maximum atomic E-state index is 14.1. The maximum Gasteiger partial charge on any atom is 0.227 e. The Labute approximate surface area is 181 Å². The molecule has 0 aliphatic carbocycles. The van der Waals surface area contributed by atoms with Crippen LogP contribution >= 0.6 is 0 Å². The monoisotopic (exact) mass is 416 g/mol. The minimum atomic E-state index is -0.473. The predicted octanol–water partition coefficient (Wildman–Crippen LogP) is 4.52. The Kier molecular flexibility index (Phi) is 6.41. The average molecular weight is 416 g/mol. The van der Waals surface area contributed by atoms with Gasteiger partial charge in [-0.15, -0.1) is 0 Å². The molecule has 0 saturated carbocycles. The second kappa shape index (κ2) is 9.56. The Hall–Kier alpha value is -3.47. The molecule has 0 bridgehead atoms. The van der Waals surface area contributed by atoms with Crippen LogP contribution in [0.2, 0.25) is 0 Å². The summed E-state index contributed by atoms with van der Waals surface area (Å²) in [5.41, 5.74) is 2.63. The second-order valence-electron chi connectivity index (χ2n) is 7.81. The van der Waals surface area contributed by atoms with Crippen LogP contribution < -0.4 is 10.2 Å². The number of nitrogens with one attached hydrogen (secondary N) is 1. The van der Waals surface area contributed by atoms with E-state index < -0.39 is 11.7 Å². The first-order chi connectivity index (χ1) is 15.1. The highest BCUT2D eigenvalue weighted by molar-refractivity contribution is 6.00. The van der Waals surface area contributed by atoms with Crippen LogP contribution in [-0.4, -0.2) is 24.9 Å². The average Bonchev–Trinajstić information content (AvgIpc) is 3.19. The van der Waals surface area contributed by atoms with Crippen LogP contribution in [0.4, 0.5) is 10.1 Å². The lowest BCUT2D eigenvalue weighted by Crippen LogP contribution is -2.34. The number of amides is 2. The van der Waals surface area contributed by atoms with Gasteiger partial charge in [-0.2, -0.15) is 0 Å². The van der Waals surface area contributed by atoms with Gasteiger partial charge in [0.15, 0.2) is 0 Å². The Morgan fingerprint density at radius 2 is 1.52 bits per heavy atom. The van der Waals surface area contributed by atoms with Gasteiger partial charge in [-0.1, -0.05) is 72.8 Å². The van der Waals surface area contributed by atoms with Crippen molar-refractivity contribution < 1.29 is 14.0 Å². The third kappa shape index (κ3) is 4.82. The minimum absolute atomic E-state index is 0.0982. The lowest BCUT2D eigenvalue weighted by Gasteiger charge is -2.19. The molecule has 0 aromatic heterocycles. The highest BCUT2D eigenvalue weighted by Crippen LogP contribution is 2.29. The van der Waals surface area contributed by atoms with Gasteiger partial charge < -0.3 is 10.2 Å². The predicted molar refractivity (Wildman–Crippen MR) is 119 cm³/mol. The van der Waals surface area contributed by atoms with E-state index >= 15 is 0 Å². The molecule has 0 radical (unpaired) electrons. The summed E-state index contributed by atoms with van der Waals surface area (Å²) in [6, 6.07) is 26.6. The molecule has 5 heteroatoms. The van der Waals surface area contributed by atoms with Crippen LogP contribution in [0, 0.1) is 11.7 Å². The fourth-order valence-corrected chi connectivity index (χ4v) is 4.17. The summed E-state index contributed by atoms with van der Waals surface area (Å²) >= 11 is 0. The fourth-order valence-electron chi connectivity index (χ4n) is 4.17. The summed E-state index contributed by atoms with van der Waals surface area (Å²) in [5.74, 6) is -1.14. The SMILES string of the molecule is O=C(NCCC(c1ccccc1)c1ccccc1)[C@@H]1CC(=O)N(c2ccccc2F)C1. The molecule has 1 N–H and O–H groups in total. The molecule has 1 aliphatic heterocycles. The molecule has 1 fully saturated rings. The van der Waals surface area contributed by atoms with E-state index in [1.54, 1.807) is 18.2 Å². The van der Waals surface area contributed by atoms with Crippen molar-refractivity contribution in [3.63, 3.8) is 0 Å². The number of benzene rings is 3. The van der Waals surface area contributed by atoms with Gasteiger partial charge in [-0.3, -0.25) is 9.59 Å². The molecule has 0 unspecified atom stereocenters. The van der Waals surface area contributed by atoms with Gasteiger partial charge in [0.05, 0.1) is 11.6 Å². The van der Waals surface area contributed by atoms with Gasteiger partial charge in [0, 0.05) is 25.4 Å². The first-order valence-electron chi connectivity index (χ1n) is 10.6. The molecule has 4 nitrogen and oxygen atoms in total. The van der Waals surface area contributed by atoms with E-state index in [9.17, 15) is 14.0 Å². The molecule has 0 spiro atoms. The zero-order chi connectivity index (χ0) is 21.6. The van der Waals surface area contributed by atoms with E-state index in [1.807, 2.05) is 36.4 Å². The Bertz CT molecular complexity index is 1000. The zero-order valence-electron chi connectivity index (χ0n) is 17.2. The van der Waals surface area contributed by atoms with Crippen molar-refractivity contribution in [1.29, 1.82) is 0 Å². The zero-order valence-corrected chi connectivity index (χ0v) is 17.2. The van der Waals surface area contributed by atoms with Crippen LogP contribution in [0.3, 0.4) is 0 Å². The molecule has 1 saturated heterocycles. The van der Waals surface area contributed by atoms with Crippen molar-refractivity contribution in [2.75, 3.05) is 18.0 Å². The molecule has 2 amide bonds. The molecule has 3 aromatic rings. The number of rotatable bonds is 7. The number of hydrogen-bond donors (Lipinski definition) is 1. The summed E-state index contributed by atoms with van der Waals surface area (Å²) in [7, 11) is 0. The van der Waals surface area contributed by atoms with Crippen molar-refractivity contribution >= 4 is 17.5 Å². The van der Waals surface area contributed by atoms with E-state index in [4.69, 9.17) is 0 Å². The van der Waals surface area contributed by atoms with Gasteiger partial charge >= 0.3 is 0 Å². The number of hydrogen-bond acceptors (Lipinski definition) is 2. The van der Waals surface area contributed by atoms with E-state index in [0.29, 0.717) is 6.54 Å². The number of nitrogens with zero attached hydrogens (tertiary/aromatic N) is 1. The first-order valence-corrected chi connectivity index (χ1v) is 10.6. The highest BCUT2D eigenvalue weighted by Gasteiger charge is 2.36. The third-order valence-electron chi connectivity index (χ3n) is 5.78. The van der Waals surface area contributed by atoms with Crippen molar-refractivity contribution in [3.8, 4) is 0 Å². The molecule has 4 rings (SSSR count). The smallest absolute Gasteiger partial charge is 0.227 e. The molecule has 1 aliphatic rings. The number of carbonyl (C=O) groups is 2. The molecular weight excluding hydrogens is 391 g/mol. The highest BCUT2D eigenvalue weighted by atomic mass is 19.1. The van der Waals surface area contributed by atoms with Crippen molar-refractivity contribution in [3.05, 3.63) is 102 Å². The van der Waals surface area contributed by atoms with Gasteiger partial charge in [0.2, 0.25) is 11.8 Å². The van der Waals surface area contributed by atoms with Gasteiger partial charge in [0.25, 0.3) is 0 Å². The van der Waals surface area contributed by atoms with Gasteiger partial charge in [-0.25, -0.2) is 4.39 Å². The molecule has 158 valence electrons. The summed E-state index contributed by atoms with van der Waals surface area (Å²) in [6.07, 6.45) is 0.846. The first kappa shape index (κ1) is 20.8. The van der Waals surface area contributed by atoms with E-state index in [1.165, 1.54) is 22.1 Å². The molecule has 31 heavy (non-hydrogen) atoms. The Balaban J connectivity index is 1.38. The maximum absolute atomic E-state index is 14.1. The molecule has 3 aromatic carbocycles. The minimum Gasteiger partial charge on any atom is -0.356 e. The van der Waals surface area contributed by atoms with Gasteiger partial charge in [-0.05, 0) is 29.7 Å². The van der Waals surface area contributed by atoms with Crippen molar-refractivity contribution in [2.45, 2.75) is 18.8 Å². The summed E-state index contributed by atoms with van der Waals surface area (Å²) in [6.45, 7) is 0.698. The Morgan fingerprint density at radius 3 is 2.13 bits per heavy atom. The topological polar surface area (TPSA) is 49.4 Å². The number of halogens is 1. The number of carbonyl (C=O) groups excluding carboxylic acids is 2. The fraction of sp³-hybridized carbons (Fsp3) is 0.231. The summed E-state index contributed by atoms with van der Waals surface area (Å²) in [4.78, 5) is 26.5. The summed E-state index contributed by atoms with van der Waals surface area (Å²) in [5, 5.41) is 2.99. The second-order valence-corrected chi connectivity index (χ2v) is 7.81. The third-order valence-corrected chi connectivity index (χ3v) is 5.78. The van der Waals surface area contributed by atoms with Crippen molar-refractivity contribution in [2.24, 2.45) is 5.92 Å². The molecule has 1 atom stereocenters. The molecular formula is C26H25FN2O2. The lowest BCUT2D eigenvalue weighted by molar-refractivity contribution is -0.126. The number of para-hydroxylation sites is 1. The van der Waals surface area contributed by atoms with Gasteiger partial charge in [0.1, 0.15) is 5.82 Å². The van der Waals surface area contributed by atoms with E-state index in [-0.39, 0.29) is 36.4 Å². The van der Waals surface area contributed by atoms with Crippen LogP contribution in [0.15, 0.2) is 84.9 Å². The van der Waals surface area contributed by atoms with Crippen molar-refractivity contribution in [1.82, 2.24) is 5.32 Å². The largest absolute Gasteiger partial charge is 0.356 e. The lowest BCUT2D eigenvalue weighted by atomic mass is 9.88. The van der Waals surface area contributed by atoms with Crippen LogP contribution in [0.5, 0.6) is 0 Å². The number of anilines is 1. The normalized spacial score (nSPS) is 16.0. The van der Waals surface area contributed by atoms with E-state index in [2.05, 4.69) is 29.6 Å². The van der Waals surface area contributed by atoms with Crippen LogP contribution in [0.1, 0.15) is 29.9 Å². The van der Waals surface area contributed by atoms with Crippen LogP contribution in [-0.2, 0) is 9.59 Å².